The van der Waals surface area contributed by atoms with Gasteiger partial charge in [-0.3, -0.25) is 0 Å². The average Bonchev–Trinajstić information content (AvgIpc) is 2.52. The molecular weight excluding hydrogens is 429 g/mol. The molecule has 0 bridgehead atoms. The van der Waals surface area contributed by atoms with E-state index in [0.29, 0.717) is 0 Å². The summed E-state index contributed by atoms with van der Waals surface area (Å²) < 4.78 is 1.18. The third-order valence-corrected chi connectivity index (χ3v) is 9.71. The Morgan fingerprint density at radius 2 is 0.926 bits per heavy atom. The van der Waals surface area contributed by atoms with E-state index >= 15 is 0 Å². The number of hydrogen-bond acceptors (Lipinski definition) is 0. The van der Waals surface area contributed by atoms with Crippen LogP contribution < -0.4 is 4.12 Å². The van der Waals surface area contributed by atoms with Crippen LogP contribution in [0.25, 0.3) is 22.3 Å². The summed E-state index contributed by atoms with van der Waals surface area (Å²) in [7, 11) is 13.5. The fourth-order valence-electron chi connectivity index (χ4n) is 4.45. The molecule has 3 heteroatoms. The van der Waals surface area contributed by atoms with Gasteiger partial charge in [-0.05, 0) is 0 Å². The minimum absolute atomic E-state index is 1.18. The van der Waals surface area contributed by atoms with E-state index in [1.807, 2.05) is 0 Å². The van der Waals surface area contributed by atoms with Gasteiger partial charge in [0.25, 0.3) is 0 Å². The monoisotopic (exact) mass is 452 g/mol. The summed E-state index contributed by atoms with van der Waals surface area (Å²) in [5.41, 5.74) is 12.6. The molecule has 0 saturated carbocycles. The second-order valence-electron chi connectivity index (χ2n) is 7.61. The first-order valence-corrected chi connectivity index (χ1v) is 16.9. The van der Waals surface area contributed by atoms with Crippen molar-refractivity contribution in [3.8, 4) is 22.3 Å². The van der Waals surface area contributed by atoms with Crippen LogP contribution in [0.1, 0.15) is 33.4 Å². The predicted octanol–water partition coefficient (Wildman–Crippen LogP) is 7.04. The topological polar surface area (TPSA) is 0 Å². The standard InChI is InChI=1S/C24H25.2ClH.Ga/c1-15-10-17(3)23(18(4)11-15)21-8-7-9-22(14-21)24-19(5)12-16(2)13-20(24)6;;;/h7-13H,1-6H3;2*1H;/q;;;+2/p-2. The maximum absolute atomic E-state index is 6.74. The first-order valence-electron chi connectivity index (χ1n) is 9.28. The zero-order valence-electron chi connectivity index (χ0n) is 16.9. The molecule has 0 unspecified atom stereocenters. The molecule has 0 N–H and O–H groups in total. The van der Waals surface area contributed by atoms with Crippen LogP contribution in [-0.4, -0.2) is 14.2 Å². The van der Waals surface area contributed by atoms with Crippen LogP contribution in [0.15, 0.2) is 42.5 Å². The van der Waals surface area contributed by atoms with E-state index < -0.39 is 14.2 Å². The summed E-state index contributed by atoms with van der Waals surface area (Å²) >= 11 is -2.64. The Morgan fingerprint density at radius 3 is 1.22 bits per heavy atom. The number of halogens is 2. The van der Waals surface area contributed by atoms with Gasteiger partial charge in [-0.15, -0.1) is 0 Å². The van der Waals surface area contributed by atoms with Gasteiger partial charge in [-0.1, -0.05) is 0 Å². The second-order valence-corrected chi connectivity index (χ2v) is 15.8. The number of benzene rings is 3. The molecule has 0 fully saturated rings. The van der Waals surface area contributed by atoms with Crippen LogP contribution in [0, 0.1) is 41.5 Å². The van der Waals surface area contributed by atoms with Gasteiger partial charge in [0.1, 0.15) is 0 Å². The molecule has 138 valence electrons. The van der Waals surface area contributed by atoms with E-state index in [2.05, 4.69) is 84.0 Å². The van der Waals surface area contributed by atoms with Gasteiger partial charge in [0.15, 0.2) is 0 Å². The van der Waals surface area contributed by atoms with Crippen molar-refractivity contribution in [3.63, 3.8) is 0 Å². The van der Waals surface area contributed by atoms with E-state index in [1.165, 1.54) is 59.8 Å². The van der Waals surface area contributed by atoms with Gasteiger partial charge >= 0.3 is 177 Å². The molecule has 0 amide bonds. The van der Waals surface area contributed by atoms with Gasteiger partial charge in [0.05, 0.1) is 0 Å². The normalized spacial score (nSPS) is 11.0. The Morgan fingerprint density at radius 1 is 0.593 bits per heavy atom. The molecule has 0 aromatic heterocycles. The van der Waals surface area contributed by atoms with E-state index in [1.54, 1.807) is 0 Å². The van der Waals surface area contributed by atoms with Crippen LogP contribution in [0.2, 0.25) is 0 Å². The zero-order chi connectivity index (χ0) is 19.9. The van der Waals surface area contributed by atoms with Crippen LogP contribution in [0.3, 0.4) is 0 Å². The molecule has 3 aromatic rings. The molecule has 0 aliphatic carbocycles. The van der Waals surface area contributed by atoms with Crippen LogP contribution in [0.5, 0.6) is 0 Å². The van der Waals surface area contributed by atoms with Gasteiger partial charge in [-0.25, -0.2) is 0 Å². The third-order valence-electron chi connectivity index (χ3n) is 5.22. The Labute approximate surface area is 176 Å². The van der Waals surface area contributed by atoms with E-state index in [9.17, 15) is 0 Å². The van der Waals surface area contributed by atoms with Crippen molar-refractivity contribution in [2.24, 2.45) is 0 Å². The average molecular weight is 454 g/mol. The maximum atomic E-state index is 6.74. The molecule has 27 heavy (non-hydrogen) atoms. The summed E-state index contributed by atoms with van der Waals surface area (Å²) in [5, 5.41) is 0. The van der Waals surface area contributed by atoms with E-state index in [0.717, 1.165) is 0 Å². The number of rotatable bonds is 3. The molecular formula is C24H25Cl2Ga. The Kier molecular flexibility index (Phi) is 6.17. The SMILES string of the molecule is Cc1cc(C)c(-c2cccc(-c3c(C)cc(C)cc3C)[c]2[Ga]([Cl])[Cl])c(C)c1. The molecule has 0 radical (unpaired) electrons. The first-order chi connectivity index (χ1) is 12.7. The number of aryl methyl sites for hydroxylation is 6. The fourth-order valence-corrected chi connectivity index (χ4v) is 8.89. The van der Waals surface area contributed by atoms with Crippen molar-refractivity contribution in [2.45, 2.75) is 41.5 Å². The first kappa shape index (κ1) is 20.6. The molecule has 3 aromatic carbocycles. The third kappa shape index (κ3) is 4.02. The minimum atomic E-state index is -2.64. The van der Waals surface area contributed by atoms with Crippen LogP contribution in [-0.2, 0) is 0 Å². The van der Waals surface area contributed by atoms with Crippen molar-refractivity contribution < 1.29 is 0 Å². The summed E-state index contributed by atoms with van der Waals surface area (Å²) in [6.07, 6.45) is 0. The Hall–Kier alpha value is -1.12. The molecule has 0 atom stereocenters. The van der Waals surface area contributed by atoms with Gasteiger partial charge < -0.3 is 0 Å². The Balaban J connectivity index is 2.37. The van der Waals surface area contributed by atoms with Crippen molar-refractivity contribution in [1.82, 2.24) is 0 Å². The molecule has 0 aliphatic heterocycles. The Bertz CT molecular complexity index is 897. The fraction of sp³-hybridized carbons (Fsp3) is 0.250. The molecule has 0 spiro atoms. The van der Waals surface area contributed by atoms with Crippen LogP contribution >= 0.6 is 19.3 Å². The second kappa shape index (κ2) is 8.09. The summed E-state index contributed by atoms with van der Waals surface area (Å²) in [4.78, 5) is 0. The predicted molar refractivity (Wildman–Crippen MR) is 123 cm³/mol. The summed E-state index contributed by atoms with van der Waals surface area (Å²) in [5.74, 6) is 0. The summed E-state index contributed by atoms with van der Waals surface area (Å²) in [6, 6.07) is 15.5. The van der Waals surface area contributed by atoms with Crippen molar-refractivity contribution in [2.75, 3.05) is 0 Å². The zero-order valence-corrected chi connectivity index (χ0v) is 20.8. The molecule has 0 heterocycles. The van der Waals surface area contributed by atoms with Crippen molar-refractivity contribution >= 4 is 37.6 Å². The van der Waals surface area contributed by atoms with Crippen molar-refractivity contribution in [3.05, 3.63) is 75.8 Å². The van der Waals surface area contributed by atoms with Crippen molar-refractivity contribution in [1.29, 1.82) is 0 Å². The summed E-state index contributed by atoms with van der Waals surface area (Å²) in [6.45, 7) is 13.0. The molecule has 0 saturated heterocycles. The van der Waals surface area contributed by atoms with Gasteiger partial charge in [-0.2, -0.15) is 0 Å². The van der Waals surface area contributed by atoms with E-state index in [4.69, 9.17) is 19.3 Å². The number of hydrogen-bond donors (Lipinski definition) is 0. The molecule has 0 nitrogen and oxygen atoms in total. The van der Waals surface area contributed by atoms with E-state index in [-0.39, 0.29) is 0 Å². The van der Waals surface area contributed by atoms with Crippen LogP contribution in [0.4, 0.5) is 0 Å². The molecule has 0 aliphatic rings. The van der Waals surface area contributed by atoms with Gasteiger partial charge in [0.2, 0.25) is 0 Å². The quantitative estimate of drug-likeness (QED) is 0.373. The van der Waals surface area contributed by atoms with Gasteiger partial charge in [0, 0.05) is 0 Å². The molecule has 3 rings (SSSR count).